The van der Waals surface area contributed by atoms with Gasteiger partial charge in [-0.2, -0.15) is 0 Å². The number of nitrogens with zero attached hydrogens (tertiary/aromatic N) is 2. The number of allylic oxidation sites excluding steroid dienone is 1. The molecule has 4 fully saturated rings. The number of nitrogens with one attached hydrogen (secondary N) is 2. The molecule has 0 radical (unpaired) electrons. The third-order valence-corrected chi connectivity index (χ3v) is 15.5. The SMILES string of the molecule is Cc1nc2ccc(OC(F)(F)F)cc2c2c1O[C@]1(CC2)C[C@H]2C(=O)N[C@]3(C(=O)NS(=O)(=O)C4(C)CC4)C[C@H]3/C=C\CCCCC[C@H](CC(=O)OC3CCCC3)C(=O)N2C1. The first kappa shape index (κ1) is 41.3. The van der Waals surface area contributed by atoms with Crippen molar-refractivity contribution in [2.75, 3.05) is 6.54 Å². The number of sulfonamides is 1. The molecule has 1 saturated heterocycles. The van der Waals surface area contributed by atoms with E-state index in [0.29, 0.717) is 66.4 Å². The summed E-state index contributed by atoms with van der Waals surface area (Å²) in [6.45, 7) is 3.23. The lowest BCUT2D eigenvalue weighted by molar-refractivity contribution is -0.274. The normalized spacial score (nSPS) is 30.2. The number of hydrogen-bond acceptors (Lipinski definition) is 10. The minimum Gasteiger partial charge on any atom is -0.483 e. The quantitative estimate of drug-likeness (QED) is 0.249. The molecule has 320 valence electrons. The average Bonchev–Trinajstić information content (AvgIpc) is 3.96. The number of halogens is 3. The van der Waals surface area contributed by atoms with Crippen LogP contribution in [0.15, 0.2) is 30.4 Å². The van der Waals surface area contributed by atoms with Crippen molar-refractivity contribution < 1.29 is 55.0 Å². The Morgan fingerprint density at radius 1 is 1.05 bits per heavy atom. The predicted octanol–water partition coefficient (Wildman–Crippen LogP) is 5.99. The Labute approximate surface area is 341 Å². The van der Waals surface area contributed by atoms with Crippen LogP contribution in [0.4, 0.5) is 13.2 Å². The molecule has 2 aromatic rings. The standard InChI is InChI=1S/C42H51F3N4O9S/c1-25-35-30(31-21-29(57-42(43,44)45)14-15-32(31)46-25)16-17-40(58-35)23-33-36(51)47-41(38(53)48-59(54,55)39(2)18-19-39)22-27(41)11-7-5-3-4-6-10-26(37(52)49(33)24-40)20-34(50)56-28-12-8-9-13-28/h7,11,14-15,21,26-28,33H,3-6,8-10,12-13,16-20,22-24H2,1-2H3,(H,47,51)(H,48,53)/b11-7-/t26-,27-,33+,40-,41-/m1/s1. The molecular formula is C42H51F3N4O9S. The van der Waals surface area contributed by atoms with Crippen LogP contribution in [0, 0.1) is 18.8 Å². The van der Waals surface area contributed by atoms with Gasteiger partial charge in [-0.15, -0.1) is 13.2 Å². The first-order chi connectivity index (χ1) is 27.9. The first-order valence-electron chi connectivity index (χ1n) is 20.8. The van der Waals surface area contributed by atoms with E-state index in [9.17, 15) is 40.8 Å². The molecule has 3 aliphatic carbocycles. The van der Waals surface area contributed by atoms with Gasteiger partial charge in [0.05, 0.1) is 28.9 Å². The summed E-state index contributed by atoms with van der Waals surface area (Å²) in [5.74, 6) is -3.75. The highest BCUT2D eigenvalue weighted by Gasteiger charge is 2.64. The van der Waals surface area contributed by atoms with E-state index in [0.717, 1.165) is 38.5 Å². The zero-order valence-electron chi connectivity index (χ0n) is 33.3. The smallest absolute Gasteiger partial charge is 0.483 e. The van der Waals surface area contributed by atoms with Gasteiger partial charge in [0.25, 0.3) is 5.91 Å². The van der Waals surface area contributed by atoms with Crippen LogP contribution in [0.5, 0.6) is 11.5 Å². The minimum absolute atomic E-state index is 0.00741. The lowest BCUT2D eigenvalue weighted by Crippen LogP contribution is -2.57. The van der Waals surface area contributed by atoms with Crippen LogP contribution in [0.2, 0.25) is 0 Å². The number of ether oxygens (including phenoxy) is 3. The molecule has 3 amide bonds. The number of pyridine rings is 1. The molecule has 8 rings (SSSR count). The topological polar surface area (TPSA) is 170 Å². The summed E-state index contributed by atoms with van der Waals surface area (Å²) in [5, 5.41) is 3.32. The fourth-order valence-electron chi connectivity index (χ4n) is 9.44. The summed E-state index contributed by atoms with van der Waals surface area (Å²) >= 11 is 0. The third-order valence-electron chi connectivity index (χ3n) is 13.3. The minimum atomic E-state index is -4.90. The number of alkyl halides is 3. The molecule has 3 saturated carbocycles. The van der Waals surface area contributed by atoms with Crippen molar-refractivity contribution in [3.63, 3.8) is 0 Å². The molecule has 0 bridgehead atoms. The zero-order valence-corrected chi connectivity index (χ0v) is 34.1. The van der Waals surface area contributed by atoms with Gasteiger partial charge in [-0.3, -0.25) is 23.9 Å². The number of carbonyl (C=O) groups is 4. The number of aromatic nitrogens is 1. The number of carbonyl (C=O) groups excluding carboxylic acids is 4. The van der Waals surface area contributed by atoms with Crippen LogP contribution in [0.25, 0.3) is 10.9 Å². The maximum absolute atomic E-state index is 14.9. The molecule has 13 nitrogen and oxygen atoms in total. The molecule has 3 aliphatic heterocycles. The second kappa shape index (κ2) is 15.2. The van der Waals surface area contributed by atoms with Crippen molar-refractivity contribution in [2.24, 2.45) is 11.8 Å². The van der Waals surface area contributed by atoms with Gasteiger partial charge in [-0.05, 0) is 109 Å². The van der Waals surface area contributed by atoms with Crippen molar-refractivity contribution in [2.45, 2.75) is 151 Å². The maximum atomic E-state index is 14.9. The van der Waals surface area contributed by atoms with E-state index in [-0.39, 0.29) is 38.3 Å². The summed E-state index contributed by atoms with van der Waals surface area (Å²) in [4.78, 5) is 62.9. The second-order valence-corrected chi connectivity index (χ2v) is 19.9. The van der Waals surface area contributed by atoms with Gasteiger partial charge in [0, 0.05) is 29.2 Å². The van der Waals surface area contributed by atoms with E-state index < -0.39 is 79.6 Å². The summed E-state index contributed by atoms with van der Waals surface area (Å²) in [6.07, 6.45) is 6.79. The van der Waals surface area contributed by atoms with E-state index in [1.807, 2.05) is 12.2 Å². The Morgan fingerprint density at radius 3 is 2.53 bits per heavy atom. The fourth-order valence-corrected chi connectivity index (χ4v) is 10.8. The van der Waals surface area contributed by atoms with Gasteiger partial charge in [0.15, 0.2) is 0 Å². The summed E-state index contributed by atoms with van der Waals surface area (Å²) in [6, 6.07) is 2.75. The lowest BCUT2D eigenvalue weighted by atomic mass is 9.87. The van der Waals surface area contributed by atoms with Crippen LogP contribution in [-0.4, -0.2) is 82.9 Å². The van der Waals surface area contributed by atoms with Crippen LogP contribution < -0.4 is 19.5 Å². The zero-order chi connectivity index (χ0) is 42.0. The average molecular weight is 845 g/mol. The Balaban J connectivity index is 1.12. The fraction of sp³-hybridized carbons (Fsp3) is 0.643. The molecule has 6 aliphatic rings. The van der Waals surface area contributed by atoms with Crippen molar-refractivity contribution in [1.82, 2.24) is 19.9 Å². The first-order valence-corrected chi connectivity index (χ1v) is 22.3. The van der Waals surface area contributed by atoms with Gasteiger partial charge < -0.3 is 24.4 Å². The van der Waals surface area contributed by atoms with Crippen molar-refractivity contribution in [3.05, 3.63) is 41.6 Å². The third kappa shape index (κ3) is 8.36. The summed E-state index contributed by atoms with van der Waals surface area (Å²) in [7, 11) is -4.04. The van der Waals surface area contributed by atoms with Crippen LogP contribution in [0.3, 0.4) is 0 Å². The predicted molar refractivity (Wildman–Crippen MR) is 207 cm³/mol. The summed E-state index contributed by atoms with van der Waals surface area (Å²) < 4.78 is 83.9. The second-order valence-electron chi connectivity index (χ2n) is 17.7. The number of fused-ring (bicyclic) bond motifs is 5. The Kier molecular flexibility index (Phi) is 10.7. The Morgan fingerprint density at radius 2 is 1.80 bits per heavy atom. The number of hydrogen-bond donors (Lipinski definition) is 2. The number of amides is 3. The largest absolute Gasteiger partial charge is 0.573 e. The van der Waals surface area contributed by atoms with Crippen LogP contribution >= 0.6 is 0 Å². The highest BCUT2D eigenvalue weighted by molar-refractivity contribution is 7.91. The van der Waals surface area contributed by atoms with Crippen molar-refractivity contribution in [3.8, 4) is 11.5 Å². The van der Waals surface area contributed by atoms with E-state index in [1.165, 1.54) is 23.1 Å². The Bertz CT molecular complexity index is 2190. The van der Waals surface area contributed by atoms with Crippen molar-refractivity contribution >= 4 is 44.6 Å². The van der Waals surface area contributed by atoms with Crippen molar-refractivity contribution in [1.29, 1.82) is 0 Å². The van der Waals surface area contributed by atoms with Crippen LogP contribution in [0.1, 0.15) is 114 Å². The molecular weight excluding hydrogens is 794 g/mol. The highest BCUT2D eigenvalue weighted by Crippen LogP contribution is 2.49. The van der Waals surface area contributed by atoms with Crippen LogP contribution in [-0.2, 0) is 40.4 Å². The number of esters is 1. The van der Waals surface area contributed by atoms with Gasteiger partial charge in [0.2, 0.25) is 21.8 Å². The molecule has 1 aromatic heterocycles. The molecule has 0 unspecified atom stereocenters. The summed E-state index contributed by atoms with van der Waals surface area (Å²) in [5.41, 5.74) is -1.18. The molecule has 59 heavy (non-hydrogen) atoms. The lowest BCUT2D eigenvalue weighted by Gasteiger charge is -2.36. The van der Waals surface area contributed by atoms with E-state index in [2.05, 4.69) is 19.8 Å². The molecule has 1 spiro atoms. The van der Waals surface area contributed by atoms with E-state index in [1.54, 1.807) is 13.8 Å². The van der Waals surface area contributed by atoms with Gasteiger partial charge in [-0.25, -0.2) is 13.4 Å². The van der Waals surface area contributed by atoms with Gasteiger partial charge in [0.1, 0.15) is 34.8 Å². The van der Waals surface area contributed by atoms with Gasteiger partial charge in [-0.1, -0.05) is 25.0 Å². The number of rotatable bonds is 7. The van der Waals surface area contributed by atoms with E-state index in [4.69, 9.17) is 9.47 Å². The van der Waals surface area contributed by atoms with Gasteiger partial charge >= 0.3 is 12.3 Å². The molecule has 2 N–H and O–H groups in total. The maximum Gasteiger partial charge on any atom is 0.573 e. The Hall–Kier alpha value is -4.41. The molecule has 17 heteroatoms. The monoisotopic (exact) mass is 844 g/mol. The molecule has 1 aromatic carbocycles. The molecule has 4 heterocycles. The number of benzene rings is 1. The number of aryl methyl sites for hydroxylation is 2. The van der Waals surface area contributed by atoms with E-state index >= 15 is 0 Å². The molecule has 5 atom stereocenters. The highest BCUT2D eigenvalue weighted by atomic mass is 32.2.